The summed E-state index contributed by atoms with van der Waals surface area (Å²) in [5.41, 5.74) is 2.11. The van der Waals surface area contributed by atoms with Gasteiger partial charge >= 0.3 is 0 Å². The van der Waals surface area contributed by atoms with Crippen LogP contribution in [0.15, 0.2) is 30.6 Å². The van der Waals surface area contributed by atoms with E-state index in [1.165, 1.54) is 7.11 Å². The zero-order chi connectivity index (χ0) is 10.7. The third-order valence-electron chi connectivity index (χ3n) is 2.07. The molecule has 0 aliphatic heterocycles. The van der Waals surface area contributed by atoms with Crippen LogP contribution in [0.3, 0.4) is 0 Å². The summed E-state index contributed by atoms with van der Waals surface area (Å²) in [4.78, 5) is 19.8. The van der Waals surface area contributed by atoms with Gasteiger partial charge < -0.3 is 4.74 Å². The Labute approximate surface area is 86.9 Å². The minimum absolute atomic E-state index is 0.0509. The Hall–Kier alpha value is -1.81. The molecule has 0 spiro atoms. The molecule has 0 fully saturated rings. The summed E-state index contributed by atoms with van der Waals surface area (Å²) in [6.45, 7) is 0.0891. The van der Waals surface area contributed by atoms with E-state index in [9.17, 15) is 4.79 Å². The number of benzene rings is 1. The number of carbonyl (C=O) groups excluding carboxylic acids is 1. The molecule has 4 nitrogen and oxygen atoms in total. The molecule has 4 heteroatoms. The molecule has 0 amide bonds. The number of Topliss-reactive ketones (excluding diaryl/α,β-unsaturated/α-hetero) is 1. The molecular formula is C11H10N2O2. The third kappa shape index (κ3) is 1.99. The first kappa shape index (κ1) is 9.73. The van der Waals surface area contributed by atoms with Gasteiger partial charge in [-0.3, -0.25) is 14.8 Å². The van der Waals surface area contributed by atoms with Gasteiger partial charge in [-0.05, 0) is 18.2 Å². The summed E-state index contributed by atoms with van der Waals surface area (Å²) in [6, 6.07) is 5.24. The number of ketones is 1. The fourth-order valence-corrected chi connectivity index (χ4v) is 1.35. The summed E-state index contributed by atoms with van der Waals surface area (Å²) in [5.74, 6) is -0.0509. The first-order valence-corrected chi connectivity index (χ1v) is 4.54. The summed E-state index contributed by atoms with van der Waals surface area (Å²) < 4.78 is 4.78. The molecule has 0 radical (unpaired) electrons. The maximum atomic E-state index is 11.5. The van der Waals surface area contributed by atoms with Crippen molar-refractivity contribution in [3.63, 3.8) is 0 Å². The van der Waals surface area contributed by atoms with Crippen molar-refractivity contribution < 1.29 is 9.53 Å². The molecule has 1 heterocycles. The minimum atomic E-state index is -0.0509. The van der Waals surface area contributed by atoms with Gasteiger partial charge in [0.15, 0.2) is 5.78 Å². The molecule has 1 aromatic carbocycles. The van der Waals surface area contributed by atoms with Crippen LogP contribution in [0.5, 0.6) is 0 Å². The smallest absolute Gasteiger partial charge is 0.188 e. The number of hydrogen-bond donors (Lipinski definition) is 0. The van der Waals surface area contributed by atoms with E-state index < -0.39 is 0 Å². The van der Waals surface area contributed by atoms with Gasteiger partial charge in [0.1, 0.15) is 6.61 Å². The number of nitrogens with zero attached hydrogens (tertiary/aromatic N) is 2. The molecule has 0 aliphatic rings. The number of ether oxygens (including phenoxy) is 1. The summed E-state index contributed by atoms with van der Waals surface area (Å²) in [7, 11) is 1.50. The average Bonchev–Trinajstić information content (AvgIpc) is 2.29. The minimum Gasteiger partial charge on any atom is -0.377 e. The van der Waals surface area contributed by atoms with Gasteiger partial charge in [0.2, 0.25) is 0 Å². The van der Waals surface area contributed by atoms with Crippen LogP contribution in [0, 0.1) is 0 Å². The zero-order valence-corrected chi connectivity index (χ0v) is 8.30. The highest BCUT2D eigenvalue weighted by Crippen LogP contribution is 2.11. The normalized spacial score (nSPS) is 10.5. The van der Waals surface area contributed by atoms with Crippen LogP contribution >= 0.6 is 0 Å². The standard InChI is InChI=1S/C11H10N2O2/c1-15-7-11(14)8-2-3-9-10(6-8)13-5-4-12-9/h2-6H,7H2,1H3. The van der Waals surface area contributed by atoms with Crippen molar-refractivity contribution in [1.82, 2.24) is 9.97 Å². The molecule has 0 bridgehead atoms. The molecule has 0 saturated carbocycles. The molecule has 2 aromatic rings. The van der Waals surface area contributed by atoms with Crippen LogP contribution in [0.25, 0.3) is 11.0 Å². The Morgan fingerprint density at radius 3 is 2.73 bits per heavy atom. The number of carbonyl (C=O) groups is 1. The van der Waals surface area contributed by atoms with Gasteiger partial charge in [0.05, 0.1) is 11.0 Å². The van der Waals surface area contributed by atoms with Crippen LogP contribution in [-0.4, -0.2) is 29.5 Å². The number of aromatic nitrogens is 2. The molecule has 0 saturated heterocycles. The van der Waals surface area contributed by atoms with Gasteiger partial charge in [-0.15, -0.1) is 0 Å². The lowest BCUT2D eigenvalue weighted by molar-refractivity contribution is 0.0848. The van der Waals surface area contributed by atoms with E-state index in [4.69, 9.17) is 4.74 Å². The lowest BCUT2D eigenvalue weighted by atomic mass is 10.1. The lowest BCUT2D eigenvalue weighted by Crippen LogP contribution is -2.06. The van der Waals surface area contributed by atoms with Crippen LogP contribution in [-0.2, 0) is 4.74 Å². The monoisotopic (exact) mass is 202 g/mol. The number of fused-ring (bicyclic) bond motifs is 1. The highest BCUT2D eigenvalue weighted by molar-refractivity contribution is 5.99. The number of methoxy groups -OCH3 is 1. The van der Waals surface area contributed by atoms with Gasteiger partial charge in [-0.1, -0.05) is 0 Å². The Morgan fingerprint density at radius 1 is 1.27 bits per heavy atom. The Balaban J connectivity index is 2.42. The molecule has 0 atom stereocenters. The second kappa shape index (κ2) is 4.14. The van der Waals surface area contributed by atoms with Crippen molar-refractivity contribution in [2.24, 2.45) is 0 Å². The van der Waals surface area contributed by atoms with E-state index in [-0.39, 0.29) is 12.4 Å². The largest absolute Gasteiger partial charge is 0.377 e. The number of hydrogen-bond acceptors (Lipinski definition) is 4. The predicted molar refractivity (Wildman–Crippen MR) is 55.7 cm³/mol. The van der Waals surface area contributed by atoms with Crippen molar-refractivity contribution in [3.05, 3.63) is 36.2 Å². The van der Waals surface area contributed by atoms with E-state index in [0.717, 1.165) is 11.0 Å². The van der Waals surface area contributed by atoms with Crippen LogP contribution in [0.2, 0.25) is 0 Å². The van der Waals surface area contributed by atoms with Crippen LogP contribution in [0.4, 0.5) is 0 Å². The van der Waals surface area contributed by atoms with Crippen molar-refractivity contribution in [3.8, 4) is 0 Å². The van der Waals surface area contributed by atoms with Crippen molar-refractivity contribution >= 4 is 16.8 Å². The van der Waals surface area contributed by atoms with Crippen LogP contribution < -0.4 is 0 Å². The lowest BCUT2D eigenvalue weighted by Gasteiger charge is -2.00. The Bertz CT molecular complexity index is 497. The second-order valence-electron chi connectivity index (χ2n) is 3.12. The van der Waals surface area contributed by atoms with Gasteiger partial charge in [-0.2, -0.15) is 0 Å². The molecule has 2 rings (SSSR count). The van der Waals surface area contributed by atoms with Crippen molar-refractivity contribution in [2.45, 2.75) is 0 Å². The van der Waals surface area contributed by atoms with Gasteiger partial charge in [0.25, 0.3) is 0 Å². The van der Waals surface area contributed by atoms with Crippen molar-refractivity contribution in [1.29, 1.82) is 0 Å². The molecule has 0 N–H and O–H groups in total. The van der Waals surface area contributed by atoms with E-state index >= 15 is 0 Å². The quantitative estimate of drug-likeness (QED) is 0.707. The second-order valence-corrected chi connectivity index (χ2v) is 3.12. The van der Waals surface area contributed by atoms with Gasteiger partial charge in [-0.25, -0.2) is 0 Å². The van der Waals surface area contributed by atoms with E-state index in [0.29, 0.717) is 5.56 Å². The fraction of sp³-hybridized carbons (Fsp3) is 0.182. The molecule has 0 aliphatic carbocycles. The summed E-state index contributed by atoms with van der Waals surface area (Å²) >= 11 is 0. The number of rotatable bonds is 3. The first-order chi connectivity index (χ1) is 7.31. The molecular weight excluding hydrogens is 192 g/mol. The SMILES string of the molecule is COCC(=O)c1ccc2nccnc2c1. The van der Waals surface area contributed by atoms with Gasteiger partial charge in [0, 0.05) is 25.1 Å². The first-order valence-electron chi connectivity index (χ1n) is 4.54. The molecule has 76 valence electrons. The van der Waals surface area contributed by atoms with E-state index in [1.807, 2.05) is 0 Å². The predicted octanol–water partition coefficient (Wildman–Crippen LogP) is 1.46. The van der Waals surface area contributed by atoms with E-state index in [2.05, 4.69) is 9.97 Å². The summed E-state index contributed by atoms with van der Waals surface area (Å²) in [5, 5.41) is 0. The summed E-state index contributed by atoms with van der Waals surface area (Å²) in [6.07, 6.45) is 3.23. The van der Waals surface area contributed by atoms with Crippen LogP contribution in [0.1, 0.15) is 10.4 Å². The maximum Gasteiger partial charge on any atom is 0.188 e. The molecule has 1 aromatic heterocycles. The third-order valence-corrected chi connectivity index (χ3v) is 2.07. The molecule has 0 unspecified atom stereocenters. The highest BCUT2D eigenvalue weighted by atomic mass is 16.5. The highest BCUT2D eigenvalue weighted by Gasteiger charge is 2.06. The van der Waals surface area contributed by atoms with Crippen molar-refractivity contribution in [2.75, 3.05) is 13.7 Å². The maximum absolute atomic E-state index is 11.5. The molecule has 15 heavy (non-hydrogen) atoms. The Kier molecular flexibility index (Phi) is 2.69. The average molecular weight is 202 g/mol. The Morgan fingerprint density at radius 2 is 2.00 bits per heavy atom. The zero-order valence-electron chi connectivity index (χ0n) is 8.30. The fourth-order valence-electron chi connectivity index (χ4n) is 1.35. The topological polar surface area (TPSA) is 52.1 Å². The van der Waals surface area contributed by atoms with E-state index in [1.54, 1.807) is 30.6 Å².